The molecule has 0 atom stereocenters. The molecule has 0 heterocycles. The van der Waals surface area contributed by atoms with E-state index in [-0.39, 0.29) is 5.41 Å². The van der Waals surface area contributed by atoms with Crippen LogP contribution in [0.15, 0.2) is 31.4 Å². The molecule has 0 spiro atoms. The standard InChI is InChI=1S/C17H24/c1-8-14-9-10-15(12(2)3)11-16(14)13(4)17(5,6)7/h8-12H,1,4H2,2-3,5-7H3. The number of hydrogen-bond donors (Lipinski definition) is 0. The zero-order chi connectivity index (χ0) is 13.2. The molecule has 0 aliphatic rings. The first kappa shape index (κ1) is 13.8. The van der Waals surface area contributed by atoms with E-state index in [1.165, 1.54) is 22.3 Å². The monoisotopic (exact) mass is 228 g/mol. The van der Waals surface area contributed by atoms with E-state index in [9.17, 15) is 0 Å². The van der Waals surface area contributed by atoms with Gasteiger partial charge in [-0.3, -0.25) is 0 Å². The predicted molar refractivity (Wildman–Crippen MR) is 79.1 cm³/mol. The summed E-state index contributed by atoms with van der Waals surface area (Å²) in [5.74, 6) is 0.542. The van der Waals surface area contributed by atoms with Crippen molar-refractivity contribution in [3.05, 3.63) is 48.0 Å². The Bertz CT molecular complexity index is 428. The second kappa shape index (κ2) is 4.91. The maximum absolute atomic E-state index is 4.26. The largest absolute Gasteiger partial charge is 0.0984 e. The molecular formula is C17H24. The third-order valence-corrected chi connectivity index (χ3v) is 3.19. The van der Waals surface area contributed by atoms with E-state index < -0.39 is 0 Å². The minimum atomic E-state index is 0.0906. The highest BCUT2D eigenvalue weighted by Gasteiger charge is 2.19. The van der Waals surface area contributed by atoms with Crippen LogP contribution in [0.3, 0.4) is 0 Å². The summed E-state index contributed by atoms with van der Waals surface area (Å²) in [6, 6.07) is 6.59. The molecule has 0 aliphatic carbocycles. The van der Waals surface area contributed by atoms with Crippen molar-refractivity contribution in [3.8, 4) is 0 Å². The van der Waals surface area contributed by atoms with Crippen LogP contribution >= 0.6 is 0 Å². The first-order valence-corrected chi connectivity index (χ1v) is 6.23. The van der Waals surface area contributed by atoms with Gasteiger partial charge >= 0.3 is 0 Å². The van der Waals surface area contributed by atoms with Crippen LogP contribution in [0, 0.1) is 5.41 Å². The molecular weight excluding hydrogens is 204 g/mol. The maximum atomic E-state index is 4.26. The Morgan fingerprint density at radius 2 is 1.82 bits per heavy atom. The molecule has 0 bridgehead atoms. The Morgan fingerprint density at radius 1 is 1.24 bits per heavy atom. The van der Waals surface area contributed by atoms with E-state index in [1.54, 1.807) is 0 Å². The van der Waals surface area contributed by atoms with Gasteiger partial charge in [-0.1, -0.05) is 72.1 Å². The van der Waals surface area contributed by atoms with Crippen LogP contribution in [0.4, 0.5) is 0 Å². The van der Waals surface area contributed by atoms with E-state index in [0.29, 0.717) is 5.92 Å². The molecule has 92 valence electrons. The van der Waals surface area contributed by atoms with Crippen LogP contribution in [-0.4, -0.2) is 0 Å². The van der Waals surface area contributed by atoms with Gasteiger partial charge in [-0.2, -0.15) is 0 Å². The van der Waals surface area contributed by atoms with E-state index >= 15 is 0 Å². The number of rotatable bonds is 3. The summed E-state index contributed by atoms with van der Waals surface area (Å²) >= 11 is 0. The Balaban J connectivity index is 3.33. The molecule has 0 aromatic heterocycles. The first-order chi connectivity index (χ1) is 7.77. The molecule has 0 N–H and O–H groups in total. The minimum Gasteiger partial charge on any atom is -0.0984 e. The van der Waals surface area contributed by atoms with Crippen LogP contribution in [0.25, 0.3) is 11.6 Å². The van der Waals surface area contributed by atoms with Crippen molar-refractivity contribution < 1.29 is 0 Å². The van der Waals surface area contributed by atoms with Gasteiger partial charge in [-0.25, -0.2) is 0 Å². The Kier molecular flexibility index (Phi) is 3.98. The molecule has 0 unspecified atom stereocenters. The van der Waals surface area contributed by atoms with Crippen molar-refractivity contribution in [1.29, 1.82) is 0 Å². The Hall–Kier alpha value is -1.30. The normalized spacial score (nSPS) is 11.6. The number of hydrogen-bond acceptors (Lipinski definition) is 0. The van der Waals surface area contributed by atoms with E-state index in [1.807, 2.05) is 6.08 Å². The van der Waals surface area contributed by atoms with Gasteiger partial charge in [0.1, 0.15) is 0 Å². The fourth-order valence-corrected chi connectivity index (χ4v) is 1.78. The molecule has 0 saturated carbocycles. The van der Waals surface area contributed by atoms with Gasteiger partial charge in [0.25, 0.3) is 0 Å². The molecule has 0 radical (unpaired) electrons. The molecule has 0 saturated heterocycles. The third kappa shape index (κ3) is 3.09. The summed E-state index contributed by atoms with van der Waals surface area (Å²) in [7, 11) is 0. The summed E-state index contributed by atoms with van der Waals surface area (Å²) < 4.78 is 0. The van der Waals surface area contributed by atoms with Crippen molar-refractivity contribution in [2.45, 2.75) is 40.5 Å². The molecule has 1 aromatic carbocycles. The van der Waals surface area contributed by atoms with Crippen LogP contribution in [-0.2, 0) is 0 Å². The fraction of sp³-hybridized carbons (Fsp3) is 0.412. The zero-order valence-corrected chi connectivity index (χ0v) is 11.8. The molecule has 0 fully saturated rings. The molecule has 0 aliphatic heterocycles. The fourth-order valence-electron chi connectivity index (χ4n) is 1.78. The van der Waals surface area contributed by atoms with Crippen molar-refractivity contribution in [1.82, 2.24) is 0 Å². The van der Waals surface area contributed by atoms with Crippen molar-refractivity contribution in [2.24, 2.45) is 5.41 Å². The first-order valence-electron chi connectivity index (χ1n) is 6.23. The molecule has 0 amide bonds. The zero-order valence-electron chi connectivity index (χ0n) is 11.8. The predicted octanol–water partition coefficient (Wildman–Crippen LogP) is 5.51. The van der Waals surface area contributed by atoms with Gasteiger partial charge in [0, 0.05) is 0 Å². The summed E-state index contributed by atoms with van der Waals surface area (Å²) in [4.78, 5) is 0. The average Bonchev–Trinajstić information content (AvgIpc) is 2.25. The van der Waals surface area contributed by atoms with Gasteiger partial charge in [-0.15, -0.1) is 0 Å². The topological polar surface area (TPSA) is 0 Å². The Labute approximate surface area is 106 Å². The highest BCUT2D eigenvalue weighted by atomic mass is 14.2. The summed E-state index contributed by atoms with van der Waals surface area (Å²) in [5.41, 5.74) is 5.03. The van der Waals surface area contributed by atoms with Gasteiger partial charge in [-0.05, 0) is 33.6 Å². The van der Waals surface area contributed by atoms with Crippen LogP contribution in [0.2, 0.25) is 0 Å². The van der Waals surface area contributed by atoms with E-state index in [2.05, 4.69) is 66.0 Å². The lowest BCUT2D eigenvalue weighted by molar-refractivity contribution is 0.568. The van der Waals surface area contributed by atoms with Crippen LogP contribution in [0.1, 0.15) is 57.2 Å². The van der Waals surface area contributed by atoms with Gasteiger partial charge < -0.3 is 0 Å². The van der Waals surface area contributed by atoms with Crippen LogP contribution in [0.5, 0.6) is 0 Å². The van der Waals surface area contributed by atoms with E-state index in [0.717, 1.165) is 0 Å². The average molecular weight is 228 g/mol. The van der Waals surface area contributed by atoms with Gasteiger partial charge in [0.2, 0.25) is 0 Å². The molecule has 1 rings (SSSR count). The lowest BCUT2D eigenvalue weighted by Gasteiger charge is -2.24. The number of allylic oxidation sites excluding steroid dienone is 1. The van der Waals surface area contributed by atoms with Crippen molar-refractivity contribution in [2.75, 3.05) is 0 Å². The maximum Gasteiger partial charge on any atom is -0.0132 e. The summed E-state index contributed by atoms with van der Waals surface area (Å²) in [5, 5.41) is 0. The van der Waals surface area contributed by atoms with Gasteiger partial charge in [0.15, 0.2) is 0 Å². The lowest BCUT2D eigenvalue weighted by atomic mass is 9.80. The summed E-state index contributed by atoms with van der Waals surface area (Å²) in [6.45, 7) is 19.2. The second-order valence-corrected chi connectivity index (χ2v) is 5.93. The smallest absolute Gasteiger partial charge is 0.0132 e. The minimum absolute atomic E-state index is 0.0906. The molecule has 17 heavy (non-hydrogen) atoms. The number of benzene rings is 1. The third-order valence-electron chi connectivity index (χ3n) is 3.19. The highest BCUT2D eigenvalue weighted by molar-refractivity contribution is 5.75. The van der Waals surface area contributed by atoms with Gasteiger partial charge in [0.05, 0.1) is 0 Å². The summed E-state index contributed by atoms with van der Waals surface area (Å²) in [6.07, 6.45) is 1.91. The van der Waals surface area contributed by atoms with Crippen LogP contribution < -0.4 is 0 Å². The second-order valence-electron chi connectivity index (χ2n) is 5.93. The molecule has 1 aromatic rings. The molecule has 0 nitrogen and oxygen atoms in total. The SMILES string of the molecule is C=Cc1ccc(C(C)C)cc1C(=C)C(C)(C)C. The van der Waals surface area contributed by atoms with E-state index in [4.69, 9.17) is 0 Å². The highest BCUT2D eigenvalue weighted by Crippen LogP contribution is 2.35. The quantitative estimate of drug-likeness (QED) is 0.639. The van der Waals surface area contributed by atoms with Crippen molar-refractivity contribution >= 4 is 11.6 Å². The van der Waals surface area contributed by atoms with Crippen molar-refractivity contribution in [3.63, 3.8) is 0 Å². The molecule has 0 heteroatoms. The Morgan fingerprint density at radius 3 is 2.24 bits per heavy atom. The lowest BCUT2D eigenvalue weighted by Crippen LogP contribution is -2.09.